The van der Waals surface area contributed by atoms with Crippen LogP contribution in [0.2, 0.25) is 0 Å². The van der Waals surface area contributed by atoms with E-state index in [9.17, 15) is 0 Å². The molecule has 0 aromatic heterocycles. The minimum absolute atomic E-state index is 0.593. The molecule has 0 aromatic carbocycles. The number of hydrogen-bond donors (Lipinski definition) is 0. The van der Waals surface area contributed by atoms with Crippen molar-refractivity contribution in [2.75, 3.05) is 0 Å². The molecule has 2 rings (SSSR count). The van der Waals surface area contributed by atoms with E-state index in [1.165, 1.54) is 19.3 Å². The standard InChI is InChI=1S/C9H14O/c1-7-3-2-4-8-9(10-8)6-5-7/h5,8-9H,2-4,6H2,1H3/b7-5-. The fourth-order valence-corrected chi connectivity index (χ4v) is 1.64. The third-order valence-electron chi connectivity index (χ3n) is 2.45. The highest BCUT2D eigenvalue weighted by molar-refractivity contribution is 5.04. The average Bonchev–Trinajstić information content (AvgIpc) is 2.59. The molecule has 1 aliphatic heterocycles. The SMILES string of the molecule is C/C1=C/CC2OC2CCC1. The predicted octanol–water partition coefficient (Wildman–Crippen LogP) is 2.27. The first kappa shape index (κ1) is 6.41. The lowest BCUT2D eigenvalue weighted by atomic mass is 10.0. The maximum atomic E-state index is 5.44. The number of fused-ring (bicyclic) bond motifs is 1. The van der Waals surface area contributed by atoms with E-state index in [2.05, 4.69) is 13.0 Å². The molecule has 0 amide bonds. The Bertz CT molecular complexity index is 160. The van der Waals surface area contributed by atoms with Gasteiger partial charge in [-0.25, -0.2) is 0 Å². The zero-order valence-corrected chi connectivity index (χ0v) is 6.47. The molecule has 0 N–H and O–H groups in total. The molecule has 1 heterocycles. The van der Waals surface area contributed by atoms with Crippen LogP contribution in [0.15, 0.2) is 11.6 Å². The fraction of sp³-hybridized carbons (Fsp3) is 0.778. The minimum Gasteiger partial charge on any atom is -0.369 e. The van der Waals surface area contributed by atoms with Crippen LogP contribution in [0.4, 0.5) is 0 Å². The zero-order valence-electron chi connectivity index (χ0n) is 6.47. The lowest BCUT2D eigenvalue weighted by Gasteiger charge is -2.02. The van der Waals surface area contributed by atoms with Crippen LogP contribution in [0.1, 0.15) is 32.6 Å². The van der Waals surface area contributed by atoms with Gasteiger partial charge >= 0.3 is 0 Å². The van der Waals surface area contributed by atoms with Gasteiger partial charge < -0.3 is 4.74 Å². The van der Waals surface area contributed by atoms with Crippen molar-refractivity contribution in [3.63, 3.8) is 0 Å². The fourth-order valence-electron chi connectivity index (χ4n) is 1.64. The van der Waals surface area contributed by atoms with Crippen LogP contribution in [0.25, 0.3) is 0 Å². The quantitative estimate of drug-likeness (QED) is 0.369. The molecule has 1 fully saturated rings. The number of hydrogen-bond acceptors (Lipinski definition) is 1. The van der Waals surface area contributed by atoms with Crippen LogP contribution in [0.3, 0.4) is 0 Å². The number of allylic oxidation sites excluding steroid dienone is 1. The molecule has 0 saturated carbocycles. The summed E-state index contributed by atoms with van der Waals surface area (Å²) < 4.78 is 5.44. The van der Waals surface area contributed by atoms with E-state index >= 15 is 0 Å². The Balaban J connectivity index is 1.97. The Labute approximate surface area is 62.1 Å². The first-order valence-electron chi connectivity index (χ1n) is 4.17. The molecular weight excluding hydrogens is 124 g/mol. The molecule has 2 atom stereocenters. The number of ether oxygens (including phenoxy) is 1. The van der Waals surface area contributed by atoms with Crippen molar-refractivity contribution in [1.82, 2.24) is 0 Å². The molecule has 56 valence electrons. The van der Waals surface area contributed by atoms with Gasteiger partial charge in [-0.1, -0.05) is 11.6 Å². The Kier molecular flexibility index (Phi) is 1.53. The second-order valence-corrected chi connectivity index (χ2v) is 3.39. The van der Waals surface area contributed by atoms with Crippen LogP contribution < -0.4 is 0 Å². The highest BCUT2D eigenvalue weighted by Gasteiger charge is 2.37. The Morgan fingerprint density at radius 3 is 3.30 bits per heavy atom. The van der Waals surface area contributed by atoms with E-state index in [0.29, 0.717) is 12.2 Å². The van der Waals surface area contributed by atoms with E-state index < -0.39 is 0 Å². The summed E-state index contributed by atoms with van der Waals surface area (Å²) in [5, 5.41) is 0. The second-order valence-electron chi connectivity index (χ2n) is 3.39. The summed E-state index contributed by atoms with van der Waals surface area (Å²) in [5.41, 5.74) is 1.55. The molecule has 2 unspecified atom stereocenters. The molecule has 1 heteroatoms. The third-order valence-corrected chi connectivity index (χ3v) is 2.45. The minimum atomic E-state index is 0.593. The van der Waals surface area contributed by atoms with Gasteiger partial charge in [-0.15, -0.1) is 0 Å². The molecule has 2 aliphatic rings. The largest absolute Gasteiger partial charge is 0.369 e. The summed E-state index contributed by atoms with van der Waals surface area (Å²) in [7, 11) is 0. The van der Waals surface area contributed by atoms with Gasteiger partial charge in [0.25, 0.3) is 0 Å². The highest BCUT2D eigenvalue weighted by atomic mass is 16.6. The maximum Gasteiger partial charge on any atom is 0.0876 e. The lowest BCUT2D eigenvalue weighted by Crippen LogP contribution is -1.96. The van der Waals surface area contributed by atoms with Crippen molar-refractivity contribution in [3.05, 3.63) is 11.6 Å². The van der Waals surface area contributed by atoms with Crippen LogP contribution in [0, 0.1) is 0 Å². The van der Waals surface area contributed by atoms with E-state index in [1.807, 2.05) is 0 Å². The van der Waals surface area contributed by atoms with Gasteiger partial charge in [-0.3, -0.25) is 0 Å². The predicted molar refractivity (Wildman–Crippen MR) is 40.9 cm³/mol. The number of epoxide rings is 1. The molecule has 0 radical (unpaired) electrons. The Hall–Kier alpha value is -0.300. The van der Waals surface area contributed by atoms with Gasteiger partial charge in [0.1, 0.15) is 0 Å². The van der Waals surface area contributed by atoms with E-state index in [4.69, 9.17) is 4.74 Å². The zero-order chi connectivity index (χ0) is 6.97. The summed E-state index contributed by atoms with van der Waals surface area (Å²) in [6, 6.07) is 0. The Morgan fingerprint density at radius 2 is 2.40 bits per heavy atom. The normalized spacial score (nSPS) is 44.3. The van der Waals surface area contributed by atoms with Crippen molar-refractivity contribution in [3.8, 4) is 0 Å². The van der Waals surface area contributed by atoms with Gasteiger partial charge in [-0.05, 0) is 32.6 Å². The van der Waals surface area contributed by atoms with Gasteiger partial charge in [0, 0.05) is 0 Å². The first-order valence-corrected chi connectivity index (χ1v) is 4.17. The highest BCUT2D eigenvalue weighted by Crippen LogP contribution is 2.33. The summed E-state index contributed by atoms with van der Waals surface area (Å²) in [6.45, 7) is 2.22. The van der Waals surface area contributed by atoms with Crippen LogP contribution in [0.5, 0.6) is 0 Å². The van der Waals surface area contributed by atoms with Gasteiger partial charge in [0.2, 0.25) is 0 Å². The molecule has 0 aromatic rings. The van der Waals surface area contributed by atoms with E-state index in [0.717, 1.165) is 6.42 Å². The Morgan fingerprint density at radius 1 is 1.50 bits per heavy atom. The molecule has 1 nitrogen and oxygen atoms in total. The third kappa shape index (κ3) is 1.24. The van der Waals surface area contributed by atoms with E-state index in [-0.39, 0.29) is 0 Å². The maximum absolute atomic E-state index is 5.44. The van der Waals surface area contributed by atoms with Gasteiger partial charge in [-0.2, -0.15) is 0 Å². The van der Waals surface area contributed by atoms with Crippen molar-refractivity contribution >= 4 is 0 Å². The molecule has 10 heavy (non-hydrogen) atoms. The van der Waals surface area contributed by atoms with Crippen molar-refractivity contribution in [2.24, 2.45) is 0 Å². The number of rotatable bonds is 0. The van der Waals surface area contributed by atoms with Gasteiger partial charge in [0.05, 0.1) is 12.2 Å². The summed E-state index contributed by atoms with van der Waals surface area (Å²) in [4.78, 5) is 0. The molecule has 1 aliphatic carbocycles. The molecule has 1 saturated heterocycles. The second kappa shape index (κ2) is 2.39. The van der Waals surface area contributed by atoms with Crippen molar-refractivity contribution in [2.45, 2.75) is 44.8 Å². The summed E-state index contributed by atoms with van der Waals surface area (Å²) >= 11 is 0. The lowest BCUT2D eigenvalue weighted by molar-refractivity contribution is 0.362. The first-order chi connectivity index (χ1) is 4.86. The average molecular weight is 138 g/mol. The topological polar surface area (TPSA) is 12.5 Å². The van der Waals surface area contributed by atoms with Crippen molar-refractivity contribution < 1.29 is 4.74 Å². The molecule has 0 spiro atoms. The van der Waals surface area contributed by atoms with Crippen LogP contribution in [-0.2, 0) is 4.74 Å². The smallest absolute Gasteiger partial charge is 0.0876 e. The van der Waals surface area contributed by atoms with E-state index in [1.54, 1.807) is 5.57 Å². The molecule has 0 bridgehead atoms. The summed E-state index contributed by atoms with van der Waals surface area (Å²) in [6.07, 6.45) is 8.62. The monoisotopic (exact) mass is 138 g/mol. The van der Waals surface area contributed by atoms with Crippen molar-refractivity contribution in [1.29, 1.82) is 0 Å². The summed E-state index contributed by atoms with van der Waals surface area (Å²) in [5.74, 6) is 0. The molecular formula is C9H14O. The van der Waals surface area contributed by atoms with Crippen LogP contribution >= 0.6 is 0 Å². The van der Waals surface area contributed by atoms with Gasteiger partial charge in [0.15, 0.2) is 0 Å². The van der Waals surface area contributed by atoms with Crippen LogP contribution in [-0.4, -0.2) is 12.2 Å².